The molecule has 0 radical (unpaired) electrons. The standard InChI is InChI=1S/C22H19N4O3.ClH/c27-16-15-24-21(17-7-3-1-4-8-17)23-25(22(24)18-9-5-2-6-10-18)19-11-13-20(14-12-19)26(28)29;/h1-14,27H,15-16H2;1H/q+1;/p-1. The first-order chi connectivity index (χ1) is 14.2. The van der Waals surface area contributed by atoms with E-state index in [9.17, 15) is 15.2 Å². The molecule has 0 aliphatic carbocycles. The van der Waals surface area contributed by atoms with Gasteiger partial charge in [-0.25, -0.2) is 4.57 Å². The summed E-state index contributed by atoms with van der Waals surface area (Å²) in [7, 11) is 0. The normalized spacial score (nSPS) is 10.4. The summed E-state index contributed by atoms with van der Waals surface area (Å²) in [5, 5.41) is 25.5. The fourth-order valence-electron chi connectivity index (χ4n) is 3.28. The number of nitro benzene ring substituents is 1. The van der Waals surface area contributed by atoms with Gasteiger partial charge in [0.25, 0.3) is 11.5 Å². The monoisotopic (exact) mass is 422 g/mol. The molecule has 1 heterocycles. The van der Waals surface area contributed by atoms with Gasteiger partial charge < -0.3 is 17.5 Å². The number of nitro groups is 1. The number of rotatable bonds is 6. The van der Waals surface area contributed by atoms with Crippen molar-refractivity contribution in [1.29, 1.82) is 0 Å². The van der Waals surface area contributed by atoms with Gasteiger partial charge in [0, 0.05) is 12.1 Å². The zero-order valence-corrected chi connectivity index (χ0v) is 16.7. The van der Waals surface area contributed by atoms with E-state index in [4.69, 9.17) is 5.10 Å². The van der Waals surface area contributed by atoms with Gasteiger partial charge in [-0.05, 0) is 36.4 Å². The van der Waals surface area contributed by atoms with Crippen LogP contribution < -0.4 is 17.0 Å². The zero-order chi connectivity index (χ0) is 20.2. The van der Waals surface area contributed by atoms with Gasteiger partial charge in [0.15, 0.2) is 0 Å². The summed E-state index contributed by atoms with van der Waals surface area (Å²) < 4.78 is 3.73. The molecule has 4 rings (SSSR count). The van der Waals surface area contributed by atoms with Crippen LogP contribution in [-0.2, 0) is 6.54 Å². The Labute approximate surface area is 179 Å². The molecule has 0 spiro atoms. The molecule has 30 heavy (non-hydrogen) atoms. The van der Waals surface area contributed by atoms with E-state index in [1.807, 2.05) is 65.2 Å². The van der Waals surface area contributed by atoms with Gasteiger partial charge >= 0.3 is 5.82 Å². The highest BCUT2D eigenvalue weighted by molar-refractivity contribution is 5.59. The van der Waals surface area contributed by atoms with E-state index in [1.54, 1.807) is 16.8 Å². The maximum absolute atomic E-state index is 11.0. The Balaban J connectivity index is 0.00000256. The molecule has 1 N–H and O–H groups in total. The van der Waals surface area contributed by atoms with Crippen molar-refractivity contribution < 1.29 is 27.0 Å². The summed E-state index contributed by atoms with van der Waals surface area (Å²) in [6, 6.07) is 25.8. The third kappa shape index (κ3) is 4.07. The van der Waals surface area contributed by atoms with Crippen LogP contribution in [0.25, 0.3) is 28.5 Å². The van der Waals surface area contributed by atoms with Crippen molar-refractivity contribution in [3.63, 3.8) is 0 Å². The van der Waals surface area contributed by atoms with Crippen LogP contribution in [0.15, 0.2) is 84.9 Å². The second-order valence-electron chi connectivity index (χ2n) is 6.44. The molecule has 4 aromatic rings. The van der Waals surface area contributed by atoms with Crippen molar-refractivity contribution in [3.05, 3.63) is 95.0 Å². The number of halogens is 1. The highest BCUT2D eigenvalue weighted by Gasteiger charge is 2.29. The van der Waals surface area contributed by atoms with Crippen LogP contribution in [0.5, 0.6) is 0 Å². The molecule has 0 atom stereocenters. The minimum atomic E-state index is -0.424. The molecule has 0 saturated carbocycles. The van der Waals surface area contributed by atoms with E-state index in [-0.39, 0.29) is 24.7 Å². The summed E-state index contributed by atoms with van der Waals surface area (Å²) in [6.07, 6.45) is 0. The molecular formula is C22H19ClN4O3. The molecule has 8 heteroatoms. The molecule has 0 unspecified atom stereocenters. The zero-order valence-electron chi connectivity index (χ0n) is 15.9. The second kappa shape index (κ2) is 9.30. The average Bonchev–Trinajstić information content (AvgIpc) is 3.14. The average molecular weight is 423 g/mol. The number of benzene rings is 3. The van der Waals surface area contributed by atoms with E-state index >= 15 is 0 Å². The number of non-ortho nitro benzene ring substituents is 1. The lowest BCUT2D eigenvalue weighted by atomic mass is 10.2. The Morgan fingerprint density at radius 3 is 2.00 bits per heavy atom. The Morgan fingerprint density at radius 2 is 1.47 bits per heavy atom. The predicted molar refractivity (Wildman–Crippen MR) is 108 cm³/mol. The number of hydrogen-bond acceptors (Lipinski definition) is 4. The van der Waals surface area contributed by atoms with Crippen molar-refractivity contribution in [2.24, 2.45) is 0 Å². The summed E-state index contributed by atoms with van der Waals surface area (Å²) in [5.41, 5.74) is 2.56. The van der Waals surface area contributed by atoms with Crippen LogP contribution in [0.2, 0.25) is 0 Å². The molecule has 7 nitrogen and oxygen atoms in total. The molecule has 0 aliphatic heterocycles. The molecule has 152 valence electrons. The predicted octanol–water partition coefficient (Wildman–Crippen LogP) is 0.398. The van der Waals surface area contributed by atoms with Gasteiger partial charge in [-0.15, -0.1) is 0 Å². The fourth-order valence-corrected chi connectivity index (χ4v) is 3.28. The highest BCUT2D eigenvalue weighted by Crippen LogP contribution is 2.25. The molecule has 1 aromatic heterocycles. The summed E-state index contributed by atoms with van der Waals surface area (Å²) >= 11 is 0. The molecule has 0 fully saturated rings. The summed E-state index contributed by atoms with van der Waals surface area (Å²) in [5.74, 6) is 1.49. The van der Waals surface area contributed by atoms with Crippen LogP contribution in [0.4, 0.5) is 5.69 Å². The Morgan fingerprint density at radius 1 is 0.900 bits per heavy atom. The Kier molecular flexibility index (Phi) is 6.56. The SMILES string of the molecule is O=[N+]([O-])c1ccc(-n2nc(-c3ccccc3)[n+](CCO)c2-c2ccccc2)cc1.[Cl-]. The lowest BCUT2D eigenvalue weighted by Crippen LogP contribution is -3.00. The van der Waals surface area contributed by atoms with E-state index in [0.717, 1.165) is 17.0 Å². The Hall–Kier alpha value is -3.55. The number of aliphatic hydroxyl groups is 1. The van der Waals surface area contributed by atoms with Gasteiger partial charge in [-0.1, -0.05) is 41.1 Å². The van der Waals surface area contributed by atoms with E-state index in [2.05, 4.69) is 0 Å². The topological polar surface area (TPSA) is 85.1 Å². The van der Waals surface area contributed by atoms with Gasteiger partial charge in [0.2, 0.25) is 0 Å². The van der Waals surface area contributed by atoms with Gasteiger partial charge in [-0.2, -0.15) is 0 Å². The molecule has 3 aromatic carbocycles. The Bertz CT molecular complexity index is 1130. The van der Waals surface area contributed by atoms with Gasteiger partial charge in [-0.3, -0.25) is 10.1 Å². The van der Waals surface area contributed by atoms with Crippen LogP contribution in [0.3, 0.4) is 0 Å². The third-order valence-electron chi connectivity index (χ3n) is 4.60. The summed E-state index contributed by atoms with van der Waals surface area (Å²) in [4.78, 5) is 10.6. The van der Waals surface area contributed by atoms with Gasteiger partial charge in [0.05, 0.1) is 34.3 Å². The smallest absolute Gasteiger partial charge is 0.309 e. The van der Waals surface area contributed by atoms with E-state index in [1.165, 1.54) is 12.1 Å². The number of aliphatic hydroxyl groups excluding tert-OH is 1. The van der Waals surface area contributed by atoms with Crippen molar-refractivity contribution in [3.8, 4) is 28.5 Å². The minimum absolute atomic E-state index is 0. The van der Waals surface area contributed by atoms with E-state index in [0.29, 0.717) is 18.1 Å². The maximum atomic E-state index is 11.0. The number of hydrogen-bond donors (Lipinski definition) is 1. The van der Waals surface area contributed by atoms with Crippen LogP contribution in [0.1, 0.15) is 0 Å². The van der Waals surface area contributed by atoms with Crippen molar-refractivity contribution in [2.45, 2.75) is 6.54 Å². The van der Waals surface area contributed by atoms with Crippen molar-refractivity contribution >= 4 is 5.69 Å². The lowest BCUT2D eigenvalue weighted by molar-refractivity contribution is -0.677. The first kappa shape index (κ1) is 21.2. The second-order valence-corrected chi connectivity index (χ2v) is 6.44. The van der Waals surface area contributed by atoms with Gasteiger partial charge in [0.1, 0.15) is 5.69 Å². The lowest BCUT2D eigenvalue weighted by Gasteiger charge is -2.05. The summed E-state index contributed by atoms with van der Waals surface area (Å²) in [6.45, 7) is 0.317. The van der Waals surface area contributed by atoms with Crippen molar-refractivity contribution in [1.82, 2.24) is 9.78 Å². The first-order valence-electron chi connectivity index (χ1n) is 9.18. The quantitative estimate of drug-likeness (QED) is 0.277. The highest BCUT2D eigenvalue weighted by atomic mass is 35.5. The van der Waals surface area contributed by atoms with Crippen LogP contribution in [-0.4, -0.2) is 26.4 Å². The third-order valence-corrected chi connectivity index (χ3v) is 4.60. The molecular weight excluding hydrogens is 404 g/mol. The molecule has 0 amide bonds. The molecule has 0 saturated heterocycles. The molecule has 0 aliphatic rings. The van der Waals surface area contributed by atoms with Crippen molar-refractivity contribution in [2.75, 3.05) is 6.61 Å². The van der Waals surface area contributed by atoms with E-state index < -0.39 is 4.92 Å². The first-order valence-corrected chi connectivity index (χ1v) is 9.18. The van der Waals surface area contributed by atoms with Crippen LogP contribution >= 0.6 is 0 Å². The number of aromatic nitrogens is 3. The largest absolute Gasteiger partial charge is 1.00 e. The molecule has 0 bridgehead atoms. The fraction of sp³-hybridized carbons (Fsp3) is 0.0909. The maximum Gasteiger partial charge on any atom is 0.309 e. The minimum Gasteiger partial charge on any atom is -1.00 e. The van der Waals surface area contributed by atoms with Crippen LogP contribution in [0, 0.1) is 10.1 Å². The number of nitrogens with zero attached hydrogens (tertiary/aromatic N) is 4.